The molecule has 108 valence electrons. The maximum absolute atomic E-state index is 9.45. The summed E-state index contributed by atoms with van der Waals surface area (Å²) >= 11 is 0. The van der Waals surface area contributed by atoms with Gasteiger partial charge >= 0.3 is 0 Å². The Hall–Kier alpha value is -0.860. The predicted molar refractivity (Wildman–Crippen MR) is 82.3 cm³/mol. The molecule has 1 aromatic rings. The van der Waals surface area contributed by atoms with E-state index in [1.54, 1.807) is 0 Å². The van der Waals surface area contributed by atoms with E-state index in [1.807, 2.05) is 0 Å². The number of rotatable bonds is 7. The summed E-state index contributed by atoms with van der Waals surface area (Å²) in [6, 6.07) is 9.13. The van der Waals surface area contributed by atoms with Crippen molar-refractivity contribution in [2.45, 2.75) is 52.6 Å². The van der Waals surface area contributed by atoms with Gasteiger partial charge in [-0.05, 0) is 36.4 Å². The molecule has 2 nitrogen and oxygen atoms in total. The Labute approximate surface area is 118 Å². The van der Waals surface area contributed by atoms with Gasteiger partial charge in [-0.1, -0.05) is 52.0 Å². The van der Waals surface area contributed by atoms with Gasteiger partial charge in [-0.2, -0.15) is 0 Å². The number of aliphatic hydroxyl groups excluding tert-OH is 1. The van der Waals surface area contributed by atoms with Crippen LogP contribution >= 0.6 is 0 Å². The lowest BCUT2D eigenvalue weighted by Gasteiger charge is -2.29. The number of likely N-dealkylation sites (N-methyl/N-ethyl adjacent to an activating group) is 1. The molecule has 1 aromatic carbocycles. The van der Waals surface area contributed by atoms with Crippen LogP contribution < -0.4 is 0 Å². The molecule has 0 amide bonds. The van der Waals surface area contributed by atoms with Crippen molar-refractivity contribution in [3.05, 3.63) is 35.4 Å². The Kier molecular flexibility index (Phi) is 6.53. The van der Waals surface area contributed by atoms with Crippen LogP contribution in [0.4, 0.5) is 0 Å². The van der Waals surface area contributed by atoms with Gasteiger partial charge in [0.2, 0.25) is 0 Å². The van der Waals surface area contributed by atoms with Gasteiger partial charge in [-0.25, -0.2) is 0 Å². The average Bonchev–Trinajstić information content (AvgIpc) is 2.39. The minimum absolute atomic E-state index is 0.221. The SMILES string of the molecule is CCC(C)c1ccc(CN(C)C(CO)C(C)C)cc1. The van der Waals surface area contributed by atoms with Crippen molar-refractivity contribution in [2.24, 2.45) is 5.92 Å². The third-order valence-electron chi connectivity index (χ3n) is 4.12. The molecule has 0 aliphatic heterocycles. The molecule has 2 atom stereocenters. The van der Waals surface area contributed by atoms with E-state index in [-0.39, 0.29) is 12.6 Å². The molecule has 0 fully saturated rings. The van der Waals surface area contributed by atoms with Crippen LogP contribution in [0.25, 0.3) is 0 Å². The molecule has 0 bridgehead atoms. The third kappa shape index (κ3) is 4.63. The molecule has 2 unspecified atom stereocenters. The number of benzene rings is 1. The first-order valence-electron chi connectivity index (χ1n) is 7.39. The molecule has 19 heavy (non-hydrogen) atoms. The molecule has 0 aliphatic carbocycles. The summed E-state index contributed by atoms with van der Waals surface area (Å²) in [5, 5.41) is 9.45. The quantitative estimate of drug-likeness (QED) is 0.811. The first kappa shape index (κ1) is 16.2. The summed E-state index contributed by atoms with van der Waals surface area (Å²) in [5.74, 6) is 1.10. The van der Waals surface area contributed by atoms with E-state index in [2.05, 4.69) is 63.9 Å². The summed E-state index contributed by atoms with van der Waals surface area (Å²) in [5.41, 5.74) is 2.73. The lowest BCUT2D eigenvalue weighted by Crippen LogP contribution is -2.38. The zero-order valence-electron chi connectivity index (χ0n) is 13.1. The molecule has 0 radical (unpaired) electrons. The van der Waals surface area contributed by atoms with Crippen LogP contribution in [0.5, 0.6) is 0 Å². The zero-order chi connectivity index (χ0) is 14.4. The van der Waals surface area contributed by atoms with Gasteiger partial charge in [0.25, 0.3) is 0 Å². The molecule has 0 saturated carbocycles. The van der Waals surface area contributed by atoms with Gasteiger partial charge in [0.15, 0.2) is 0 Å². The van der Waals surface area contributed by atoms with Crippen molar-refractivity contribution in [3.63, 3.8) is 0 Å². The number of hydrogen-bond acceptors (Lipinski definition) is 2. The number of aliphatic hydroxyl groups is 1. The molecule has 0 spiro atoms. The molecule has 0 aliphatic rings. The molecule has 1 rings (SSSR count). The van der Waals surface area contributed by atoms with Crippen LogP contribution in [-0.4, -0.2) is 29.7 Å². The van der Waals surface area contributed by atoms with Crippen LogP contribution in [0.2, 0.25) is 0 Å². The second kappa shape index (κ2) is 7.66. The summed E-state index contributed by atoms with van der Waals surface area (Å²) in [4.78, 5) is 2.24. The largest absolute Gasteiger partial charge is 0.395 e. The summed E-state index contributed by atoms with van der Waals surface area (Å²) in [6.45, 7) is 9.92. The van der Waals surface area contributed by atoms with Crippen molar-refractivity contribution < 1.29 is 5.11 Å². The first-order valence-corrected chi connectivity index (χ1v) is 7.39. The highest BCUT2D eigenvalue weighted by Crippen LogP contribution is 2.20. The Morgan fingerprint density at radius 1 is 1.11 bits per heavy atom. The first-order chi connectivity index (χ1) is 8.99. The van der Waals surface area contributed by atoms with Gasteiger partial charge in [-0.3, -0.25) is 4.90 Å². The van der Waals surface area contributed by atoms with E-state index in [1.165, 1.54) is 17.5 Å². The Bertz CT molecular complexity index is 358. The van der Waals surface area contributed by atoms with Crippen LogP contribution in [0.15, 0.2) is 24.3 Å². The monoisotopic (exact) mass is 263 g/mol. The number of nitrogens with zero attached hydrogens (tertiary/aromatic N) is 1. The molecule has 0 heterocycles. The van der Waals surface area contributed by atoms with Crippen molar-refractivity contribution >= 4 is 0 Å². The molecular formula is C17H29NO. The Morgan fingerprint density at radius 2 is 1.68 bits per heavy atom. The second-order valence-electron chi connectivity index (χ2n) is 5.96. The zero-order valence-corrected chi connectivity index (χ0v) is 13.1. The van der Waals surface area contributed by atoms with Crippen molar-refractivity contribution in [1.29, 1.82) is 0 Å². The third-order valence-corrected chi connectivity index (χ3v) is 4.12. The highest BCUT2D eigenvalue weighted by molar-refractivity contribution is 5.25. The fourth-order valence-electron chi connectivity index (χ4n) is 2.45. The smallest absolute Gasteiger partial charge is 0.0589 e. The number of hydrogen-bond donors (Lipinski definition) is 1. The van der Waals surface area contributed by atoms with Crippen LogP contribution in [0.3, 0.4) is 0 Å². The average molecular weight is 263 g/mol. The lowest BCUT2D eigenvalue weighted by atomic mass is 9.97. The van der Waals surface area contributed by atoms with E-state index in [0.29, 0.717) is 11.8 Å². The standard InChI is InChI=1S/C17H29NO/c1-6-14(4)16-9-7-15(8-10-16)11-18(5)17(12-19)13(2)3/h7-10,13-14,17,19H,6,11-12H2,1-5H3. The van der Waals surface area contributed by atoms with Crippen LogP contribution in [-0.2, 0) is 6.54 Å². The fraction of sp³-hybridized carbons (Fsp3) is 0.647. The van der Waals surface area contributed by atoms with Crippen LogP contribution in [0.1, 0.15) is 51.2 Å². The summed E-state index contributed by atoms with van der Waals surface area (Å²) in [7, 11) is 2.09. The summed E-state index contributed by atoms with van der Waals surface area (Å²) < 4.78 is 0. The van der Waals surface area contributed by atoms with Gasteiger partial charge < -0.3 is 5.11 Å². The second-order valence-corrected chi connectivity index (χ2v) is 5.96. The molecule has 2 heteroatoms. The van der Waals surface area contributed by atoms with Crippen molar-refractivity contribution in [2.75, 3.05) is 13.7 Å². The maximum Gasteiger partial charge on any atom is 0.0589 e. The van der Waals surface area contributed by atoms with E-state index >= 15 is 0 Å². The van der Waals surface area contributed by atoms with Gasteiger partial charge in [0.05, 0.1) is 6.61 Å². The van der Waals surface area contributed by atoms with E-state index in [0.717, 1.165) is 6.54 Å². The minimum Gasteiger partial charge on any atom is -0.395 e. The highest BCUT2D eigenvalue weighted by Gasteiger charge is 2.17. The fourth-order valence-corrected chi connectivity index (χ4v) is 2.45. The topological polar surface area (TPSA) is 23.5 Å². The van der Waals surface area contributed by atoms with Gasteiger partial charge in [0, 0.05) is 12.6 Å². The van der Waals surface area contributed by atoms with Crippen molar-refractivity contribution in [1.82, 2.24) is 4.90 Å². The van der Waals surface area contributed by atoms with E-state index in [9.17, 15) is 5.11 Å². The maximum atomic E-state index is 9.45. The van der Waals surface area contributed by atoms with Crippen molar-refractivity contribution in [3.8, 4) is 0 Å². The minimum atomic E-state index is 0.221. The molecule has 0 aromatic heterocycles. The normalized spacial score (nSPS) is 14.9. The molecule has 0 saturated heterocycles. The molecule has 1 N–H and O–H groups in total. The lowest BCUT2D eigenvalue weighted by molar-refractivity contribution is 0.108. The molecular weight excluding hydrogens is 234 g/mol. The van der Waals surface area contributed by atoms with E-state index in [4.69, 9.17) is 0 Å². The van der Waals surface area contributed by atoms with Gasteiger partial charge in [-0.15, -0.1) is 0 Å². The van der Waals surface area contributed by atoms with Gasteiger partial charge in [0.1, 0.15) is 0 Å². The Balaban J connectivity index is 2.67. The Morgan fingerprint density at radius 3 is 2.11 bits per heavy atom. The van der Waals surface area contributed by atoms with Crippen LogP contribution in [0, 0.1) is 5.92 Å². The highest BCUT2D eigenvalue weighted by atomic mass is 16.3. The van der Waals surface area contributed by atoms with E-state index < -0.39 is 0 Å². The predicted octanol–water partition coefficient (Wildman–Crippen LogP) is 3.65. The summed E-state index contributed by atoms with van der Waals surface area (Å²) in [6.07, 6.45) is 1.18.